The van der Waals surface area contributed by atoms with E-state index in [2.05, 4.69) is 52.0 Å². The van der Waals surface area contributed by atoms with Crippen LogP contribution in [0, 0.1) is 0 Å². The first kappa shape index (κ1) is 20.9. The van der Waals surface area contributed by atoms with E-state index < -0.39 is 5.97 Å². The minimum Gasteiger partial charge on any atom is -0.478 e. The number of carboxylic acids is 1. The Bertz CT molecular complexity index is 976. The van der Waals surface area contributed by atoms with Crippen molar-refractivity contribution in [3.8, 4) is 0 Å². The van der Waals surface area contributed by atoms with E-state index in [0.29, 0.717) is 11.5 Å². The molecule has 2 aliphatic rings. The van der Waals surface area contributed by atoms with Gasteiger partial charge in [0.1, 0.15) is 0 Å². The van der Waals surface area contributed by atoms with E-state index in [4.69, 9.17) is 5.11 Å². The summed E-state index contributed by atoms with van der Waals surface area (Å²) in [5.74, 6) is -0.244. The van der Waals surface area contributed by atoms with Crippen LogP contribution < -0.4 is 0 Å². The lowest BCUT2D eigenvalue weighted by molar-refractivity contribution is 0.0697. The summed E-state index contributed by atoms with van der Waals surface area (Å²) in [5.41, 5.74) is 8.22. The molecular weight excluding hydrogens is 368 g/mol. The van der Waals surface area contributed by atoms with Gasteiger partial charge in [0.15, 0.2) is 0 Å². The highest BCUT2D eigenvalue weighted by Gasteiger charge is 2.37. The number of allylic oxidation sites excluding steroid dienone is 2. The summed E-state index contributed by atoms with van der Waals surface area (Å²) < 4.78 is 0. The van der Waals surface area contributed by atoms with Crippen molar-refractivity contribution in [3.63, 3.8) is 0 Å². The highest BCUT2D eigenvalue weighted by molar-refractivity contribution is 5.87. The van der Waals surface area contributed by atoms with Crippen molar-refractivity contribution in [2.75, 3.05) is 0 Å². The number of hydrogen-bond donors (Lipinski definition) is 1. The van der Waals surface area contributed by atoms with Crippen molar-refractivity contribution in [1.29, 1.82) is 0 Å². The molecule has 2 aromatic rings. The minimum absolute atomic E-state index is 0.264. The molecule has 0 radical (unpaired) electrons. The summed E-state index contributed by atoms with van der Waals surface area (Å²) in [7, 11) is 0. The van der Waals surface area contributed by atoms with Crippen LogP contribution in [0.25, 0.3) is 0 Å². The van der Waals surface area contributed by atoms with Crippen molar-refractivity contribution < 1.29 is 9.90 Å². The lowest BCUT2D eigenvalue weighted by Gasteiger charge is -2.42. The fourth-order valence-corrected chi connectivity index (χ4v) is 5.26. The SMILES string of the molecule is CC1(C)CCC(C)(C)c2cc(C3CCC(=CCc4ccc(C(=O)O)cc4)C3)ccc21. The highest BCUT2D eigenvalue weighted by atomic mass is 16.4. The quantitative estimate of drug-likeness (QED) is 0.550. The predicted octanol–water partition coefficient (Wildman–Crippen LogP) is 7.17. The maximum Gasteiger partial charge on any atom is 0.335 e. The van der Waals surface area contributed by atoms with Crippen molar-refractivity contribution in [1.82, 2.24) is 0 Å². The van der Waals surface area contributed by atoms with Crippen LogP contribution in [0.5, 0.6) is 0 Å². The van der Waals surface area contributed by atoms with Gasteiger partial charge in [0, 0.05) is 0 Å². The van der Waals surface area contributed by atoms with Gasteiger partial charge < -0.3 is 5.11 Å². The number of fused-ring (bicyclic) bond motifs is 1. The van der Waals surface area contributed by atoms with E-state index in [9.17, 15) is 4.79 Å². The Morgan fingerprint density at radius 2 is 1.67 bits per heavy atom. The van der Waals surface area contributed by atoms with Gasteiger partial charge in [-0.25, -0.2) is 4.79 Å². The Morgan fingerprint density at radius 3 is 2.33 bits per heavy atom. The standard InChI is InChI=1S/C28H34O2/c1-27(2)15-16-28(3,4)25-18-23(13-14-24(25)27)22-12-9-20(17-22)6-5-19-7-10-21(11-8-19)26(29)30/h6-8,10-11,13-14,18,22H,5,9,12,15-17H2,1-4H3,(H,29,30). The lowest BCUT2D eigenvalue weighted by Crippen LogP contribution is -2.33. The molecule has 1 fully saturated rings. The first-order chi connectivity index (χ1) is 14.2. The number of carboxylic acid groups (broad SMARTS) is 1. The fraction of sp³-hybridized carbons (Fsp3) is 0.464. The van der Waals surface area contributed by atoms with Gasteiger partial charge in [-0.15, -0.1) is 0 Å². The molecule has 0 spiro atoms. The van der Waals surface area contributed by atoms with E-state index in [-0.39, 0.29) is 10.8 Å². The van der Waals surface area contributed by atoms with E-state index in [1.165, 1.54) is 36.8 Å². The molecule has 0 bridgehead atoms. The molecule has 1 saturated carbocycles. The van der Waals surface area contributed by atoms with Gasteiger partial charge >= 0.3 is 5.97 Å². The molecule has 2 aromatic carbocycles. The van der Waals surface area contributed by atoms with Gasteiger partial charge in [-0.3, -0.25) is 0 Å². The third kappa shape index (κ3) is 4.10. The van der Waals surface area contributed by atoms with Crippen LogP contribution in [0.2, 0.25) is 0 Å². The third-order valence-electron chi connectivity index (χ3n) is 7.50. The average molecular weight is 403 g/mol. The molecule has 1 atom stereocenters. The van der Waals surface area contributed by atoms with Crippen molar-refractivity contribution in [2.24, 2.45) is 0 Å². The molecule has 1 N–H and O–H groups in total. The van der Waals surface area contributed by atoms with Gasteiger partial charge in [-0.2, -0.15) is 0 Å². The molecule has 158 valence electrons. The van der Waals surface area contributed by atoms with Crippen molar-refractivity contribution in [2.45, 2.75) is 83.0 Å². The van der Waals surface area contributed by atoms with Crippen LogP contribution in [0.4, 0.5) is 0 Å². The second-order valence-electron chi connectivity index (χ2n) is 10.6. The zero-order chi connectivity index (χ0) is 21.5. The maximum absolute atomic E-state index is 11.0. The van der Waals surface area contributed by atoms with Crippen LogP contribution in [0.1, 0.15) is 98.3 Å². The molecule has 1 unspecified atom stereocenters. The Balaban J connectivity index is 1.48. The molecule has 0 saturated heterocycles. The summed E-state index contributed by atoms with van der Waals surface area (Å²) in [4.78, 5) is 11.0. The molecule has 0 heterocycles. The molecule has 2 heteroatoms. The summed E-state index contributed by atoms with van der Waals surface area (Å²) in [6.07, 6.45) is 9.31. The van der Waals surface area contributed by atoms with Crippen LogP contribution in [-0.2, 0) is 17.3 Å². The third-order valence-corrected chi connectivity index (χ3v) is 7.50. The van der Waals surface area contributed by atoms with Crippen molar-refractivity contribution in [3.05, 3.63) is 81.9 Å². The largest absolute Gasteiger partial charge is 0.478 e. The molecular formula is C28H34O2. The van der Waals surface area contributed by atoms with Gasteiger partial charge in [0.2, 0.25) is 0 Å². The topological polar surface area (TPSA) is 37.3 Å². The van der Waals surface area contributed by atoms with Crippen molar-refractivity contribution >= 4 is 5.97 Å². The molecule has 30 heavy (non-hydrogen) atoms. The predicted molar refractivity (Wildman–Crippen MR) is 124 cm³/mol. The normalized spacial score (nSPS) is 23.3. The van der Waals surface area contributed by atoms with E-state index in [1.54, 1.807) is 28.8 Å². The first-order valence-electron chi connectivity index (χ1n) is 11.3. The van der Waals surface area contributed by atoms with Gasteiger partial charge in [-0.05, 0) is 89.7 Å². The summed E-state index contributed by atoms with van der Waals surface area (Å²) in [5, 5.41) is 9.04. The van der Waals surface area contributed by atoms with Gasteiger partial charge in [-0.1, -0.05) is 69.7 Å². The number of aromatic carboxylic acids is 1. The number of rotatable bonds is 4. The van der Waals surface area contributed by atoms with Crippen LogP contribution in [0.15, 0.2) is 54.1 Å². The van der Waals surface area contributed by atoms with Gasteiger partial charge in [0.25, 0.3) is 0 Å². The molecule has 4 rings (SSSR count). The summed E-state index contributed by atoms with van der Waals surface area (Å²) >= 11 is 0. The number of hydrogen-bond acceptors (Lipinski definition) is 1. The highest BCUT2D eigenvalue weighted by Crippen LogP contribution is 2.47. The molecule has 0 aliphatic heterocycles. The van der Waals surface area contributed by atoms with E-state index in [1.807, 2.05) is 12.1 Å². The Hall–Kier alpha value is -2.35. The van der Waals surface area contributed by atoms with Crippen LogP contribution in [0.3, 0.4) is 0 Å². The minimum atomic E-state index is -0.866. The Kier molecular flexibility index (Phi) is 5.38. The molecule has 0 aromatic heterocycles. The fourth-order valence-electron chi connectivity index (χ4n) is 5.26. The Labute approximate surface area is 181 Å². The smallest absolute Gasteiger partial charge is 0.335 e. The van der Waals surface area contributed by atoms with Crippen LogP contribution in [-0.4, -0.2) is 11.1 Å². The van der Waals surface area contributed by atoms with Crippen LogP contribution >= 0.6 is 0 Å². The maximum atomic E-state index is 11.0. The zero-order valence-corrected chi connectivity index (χ0v) is 18.8. The number of benzene rings is 2. The molecule has 2 aliphatic carbocycles. The first-order valence-corrected chi connectivity index (χ1v) is 11.3. The summed E-state index contributed by atoms with van der Waals surface area (Å²) in [6.45, 7) is 9.58. The molecule has 2 nitrogen and oxygen atoms in total. The summed E-state index contributed by atoms with van der Waals surface area (Å²) in [6, 6.07) is 14.6. The second-order valence-corrected chi connectivity index (χ2v) is 10.6. The second kappa shape index (κ2) is 7.72. The average Bonchev–Trinajstić information content (AvgIpc) is 3.19. The van der Waals surface area contributed by atoms with E-state index >= 15 is 0 Å². The zero-order valence-electron chi connectivity index (χ0n) is 18.8. The van der Waals surface area contributed by atoms with E-state index in [0.717, 1.165) is 12.8 Å². The number of carbonyl (C=O) groups is 1. The Morgan fingerprint density at radius 1 is 1.00 bits per heavy atom. The van der Waals surface area contributed by atoms with Gasteiger partial charge in [0.05, 0.1) is 5.56 Å². The monoisotopic (exact) mass is 402 g/mol. The lowest BCUT2D eigenvalue weighted by atomic mass is 9.62. The molecule has 0 amide bonds.